The first kappa shape index (κ1) is 21.7. The number of hydrogen-bond acceptors (Lipinski definition) is 6. The van der Waals surface area contributed by atoms with Gasteiger partial charge in [-0.15, -0.1) is 10.2 Å². The average molecular weight is 459 g/mol. The predicted molar refractivity (Wildman–Crippen MR) is 121 cm³/mol. The zero-order chi connectivity index (χ0) is 21.6. The number of morpholine rings is 1. The standard InChI is InChI=1S/C22H23ClN4O3S/c1-2-30-17-9-7-16(8-10-17)27-21(18-5-3-4-6-19(18)23)24-25-22(27)31-15-20(28)26-11-13-29-14-12-26/h3-10H,2,11-15H2,1H3. The number of nitrogens with zero attached hydrogens (tertiary/aromatic N) is 4. The first-order valence-corrected chi connectivity index (χ1v) is 11.5. The number of amides is 1. The Labute approximate surface area is 190 Å². The zero-order valence-corrected chi connectivity index (χ0v) is 18.7. The van der Waals surface area contributed by atoms with Gasteiger partial charge >= 0.3 is 0 Å². The van der Waals surface area contributed by atoms with Crippen molar-refractivity contribution in [2.75, 3.05) is 38.7 Å². The first-order chi connectivity index (χ1) is 15.2. The van der Waals surface area contributed by atoms with E-state index in [4.69, 9.17) is 21.1 Å². The van der Waals surface area contributed by atoms with E-state index in [2.05, 4.69) is 10.2 Å². The second-order valence-electron chi connectivity index (χ2n) is 6.83. The number of carbonyl (C=O) groups excluding carboxylic acids is 1. The van der Waals surface area contributed by atoms with E-state index < -0.39 is 0 Å². The minimum atomic E-state index is 0.0637. The molecule has 1 saturated heterocycles. The SMILES string of the molecule is CCOc1ccc(-n2c(SCC(=O)N3CCOCC3)nnc2-c2ccccc2Cl)cc1. The summed E-state index contributed by atoms with van der Waals surface area (Å²) in [5.41, 5.74) is 1.64. The van der Waals surface area contributed by atoms with Crippen LogP contribution in [-0.2, 0) is 9.53 Å². The molecule has 3 aromatic rings. The third-order valence-electron chi connectivity index (χ3n) is 4.84. The van der Waals surface area contributed by atoms with Crippen molar-refractivity contribution < 1.29 is 14.3 Å². The Morgan fingerprint density at radius 3 is 2.58 bits per heavy atom. The summed E-state index contributed by atoms with van der Waals surface area (Å²) in [5.74, 6) is 1.75. The lowest BCUT2D eigenvalue weighted by molar-refractivity contribution is -0.132. The van der Waals surface area contributed by atoms with E-state index in [0.29, 0.717) is 48.9 Å². The van der Waals surface area contributed by atoms with E-state index in [9.17, 15) is 4.79 Å². The van der Waals surface area contributed by atoms with Crippen LogP contribution in [0.3, 0.4) is 0 Å². The summed E-state index contributed by atoms with van der Waals surface area (Å²) in [6, 6.07) is 15.2. The van der Waals surface area contributed by atoms with E-state index in [-0.39, 0.29) is 11.7 Å². The van der Waals surface area contributed by atoms with Gasteiger partial charge in [0.15, 0.2) is 11.0 Å². The molecule has 31 heavy (non-hydrogen) atoms. The van der Waals surface area contributed by atoms with Crippen molar-refractivity contribution in [1.82, 2.24) is 19.7 Å². The molecular weight excluding hydrogens is 436 g/mol. The lowest BCUT2D eigenvalue weighted by atomic mass is 10.2. The van der Waals surface area contributed by atoms with Crippen LogP contribution in [0.1, 0.15) is 6.92 Å². The van der Waals surface area contributed by atoms with Crippen LogP contribution in [0.25, 0.3) is 17.1 Å². The summed E-state index contributed by atoms with van der Waals surface area (Å²) in [7, 11) is 0. The van der Waals surface area contributed by atoms with Crippen LogP contribution in [0.2, 0.25) is 5.02 Å². The second kappa shape index (κ2) is 10.2. The third kappa shape index (κ3) is 5.03. The zero-order valence-electron chi connectivity index (χ0n) is 17.2. The molecule has 1 aliphatic rings. The number of rotatable bonds is 7. The van der Waals surface area contributed by atoms with Crippen molar-refractivity contribution in [3.8, 4) is 22.8 Å². The van der Waals surface area contributed by atoms with Crippen LogP contribution >= 0.6 is 23.4 Å². The lowest BCUT2D eigenvalue weighted by Gasteiger charge is -2.26. The molecule has 0 aliphatic carbocycles. The molecule has 1 aromatic heterocycles. The predicted octanol–water partition coefficient (Wildman–Crippen LogP) is 3.94. The van der Waals surface area contributed by atoms with Gasteiger partial charge in [0.2, 0.25) is 5.91 Å². The molecule has 0 spiro atoms. The Balaban J connectivity index is 1.65. The van der Waals surface area contributed by atoms with Crippen LogP contribution in [-0.4, -0.2) is 64.2 Å². The molecule has 0 radical (unpaired) electrons. The molecule has 0 atom stereocenters. The Kier molecular flexibility index (Phi) is 7.11. The summed E-state index contributed by atoms with van der Waals surface area (Å²) in [6.07, 6.45) is 0. The monoisotopic (exact) mass is 458 g/mol. The Bertz CT molecular complexity index is 1040. The van der Waals surface area contributed by atoms with Crippen molar-refractivity contribution in [2.45, 2.75) is 12.1 Å². The summed E-state index contributed by atoms with van der Waals surface area (Å²) in [6.45, 7) is 4.95. The summed E-state index contributed by atoms with van der Waals surface area (Å²) >= 11 is 7.80. The molecule has 0 N–H and O–H groups in total. The molecule has 162 valence electrons. The fourth-order valence-corrected chi connectivity index (χ4v) is 4.38. The molecule has 4 rings (SSSR count). The maximum Gasteiger partial charge on any atom is 0.233 e. The summed E-state index contributed by atoms with van der Waals surface area (Å²) in [4.78, 5) is 14.4. The number of hydrogen-bond donors (Lipinski definition) is 0. The van der Waals surface area contributed by atoms with Gasteiger partial charge in [-0.05, 0) is 43.3 Å². The molecule has 1 aliphatic heterocycles. The maximum atomic E-state index is 12.6. The number of aromatic nitrogens is 3. The van der Waals surface area contributed by atoms with Crippen molar-refractivity contribution in [1.29, 1.82) is 0 Å². The van der Waals surface area contributed by atoms with Gasteiger partial charge < -0.3 is 14.4 Å². The number of carbonyl (C=O) groups is 1. The number of halogens is 1. The Morgan fingerprint density at radius 1 is 1.13 bits per heavy atom. The maximum absolute atomic E-state index is 12.6. The average Bonchev–Trinajstić information content (AvgIpc) is 3.23. The topological polar surface area (TPSA) is 69.5 Å². The molecule has 1 fully saturated rings. The highest BCUT2D eigenvalue weighted by molar-refractivity contribution is 7.99. The lowest BCUT2D eigenvalue weighted by Crippen LogP contribution is -2.41. The van der Waals surface area contributed by atoms with E-state index in [1.54, 1.807) is 0 Å². The third-order valence-corrected chi connectivity index (χ3v) is 6.09. The Hall–Kier alpha value is -2.55. The highest BCUT2D eigenvalue weighted by Gasteiger charge is 2.21. The van der Waals surface area contributed by atoms with E-state index in [1.807, 2.05) is 64.9 Å². The minimum absolute atomic E-state index is 0.0637. The van der Waals surface area contributed by atoms with Crippen LogP contribution < -0.4 is 4.74 Å². The fourth-order valence-electron chi connectivity index (χ4n) is 3.30. The van der Waals surface area contributed by atoms with Gasteiger partial charge in [-0.1, -0.05) is 35.5 Å². The van der Waals surface area contributed by atoms with E-state index in [0.717, 1.165) is 17.0 Å². The van der Waals surface area contributed by atoms with Crippen LogP contribution in [0.15, 0.2) is 53.7 Å². The number of benzene rings is 2. The minimum Gasteiger partial charge on any atom is -0.494 e. The van der Waals surface area contributed by atoms with Gasteiger partial charge in [-0.25, -0.2) is 0 Å². The van der Waals surface area contributed by atoms with Crippen LogP contribution in [0.5, 0.6) is 5.75 Å². The van der Waals surface area contributed by atoms with Crippen LogP contribution in [0, 0.1) is 0 Å². The van der Waals surface area contributed by atoms with Crippen molar-refractivity contribution in [3.63, 3.8) is 0 Å². The largest absolute Gasteiger partial charge is 0.494 e. The van der Waals surface area contributed by atoms with Crippen molar-refractivity contribution in [2.24, 2.45) is 0 Å². The normalized spacial score (nSPS) is 13.9. The van der Waals surface area contributed by atoms with Gasteiger partial charge in [0.05, 0.1) is 30.6 Å². The van der Waals surface area contributed by atoms with Gasteiger partial charge in [-0.3, -0.25) is 9.36 Å². The van der Waals surface area contributed by atoms with E-state index >= 15 is 0 Å². The first-order valence-electron chi connectivity index (χ1n) is 10.1. The molecule has 0 saturated carbocycles. The molecule has 2 heterocycles. The smallest absolute Gasteiger partial charge is 0.233 e. The highest BCUT2D eigenvalue weighted by atomic mass is 35.5. The van der Waals surface area contributed by atoms with Gasteiger partial charge in [0.25, 0.3) is 0 Å². The fraction of sp³-hybridized carbons (Fsp3) is 0.318. The van der Waals surface area contributed by atoms with Gasteiger partial charge in [0.1, 0.15) is 5.75 Å². The van der Waals surface area contributed by atoms with E-state index in [1.165, 1.54) is 11.8 Å². The molecular formula is C22H23ClN4O3S. The van der Waals surface area contributed by atoms with Gasteiger partial charge in [0, 0.05) is 24.3 Å². The van der Waals surface area contributed by atoms with Crippen LogP contribution in [0.4, 0.5) is 0 Å². The number of ether oxygens (including phenoxy) is 2. The molecule has 7 nitrogen and oxygen atoms in total. The molecule has 0 bridgehead atoms. The highest BCUT2D eigenvalue weighted by Crippen LogP contribution is 2.32. The molecule has 9 heteroatoms. The molecule has 0 unspecified atom stereocenters. The quantitative estimate of drug-likeness (QED) is 0.499. The second-order valence-corrected chi connectivity index (χ2v) is 8.18. The Morgan fingerprint density at radius 2 is 1.87 bits per heavy atom. The van der Waals surface area contributed by atoms with Gasteiger partial charge in [-0.2, -0.15) is 0 Å². The molecule has 2 aromatic carbocycles. The molecule has 1 amide bonds. The summed E-state index contributed by atoms with van der Waals surface area (Å²) in [5, 5.41) is 9.99. The van der Waals surface area contributed by atoms with Crippen molar-refractivity contribution in [3.05, 3.63) is 53.6 Å². The van der Waals surface area contributed by atoms with Crippen molar-refractivity contribution >= 4 is 29.3 Å². The summed E-state index contributed by atoms with van der Waals surface area (Å²) < 4.78 is 12.8. The number of thioether (sulfide) groups is 1.